The molecule has 0 bridgehead atoms. The van der Waals surface area contributed by atoms with Gasteiger partial charge in [0.05, 0.1) is 5.52 Å². The van der Waals surface area contributed by atoms with E-state index < -0.39 is 0 Å². The van der Waals surface area contributed by atoms with Crippen LogP contribution in [0.4, 0.5) is 0 Å². The molecule has 0 saturated heterocycles. The molecule has 1 N–H and O–H groups in total. The summed E-state index contributed by atoms with van der Waals surface area (Å²) in [6.45, 7) is 11.4. The molecule has 0 aliphatic rings. The van der Waals surface area contributed by atoms with E-state index in [1.165, 1.54) is 28.5 Å². The van der Waals surface area contributed by atoms with Gasteiger partial charge in [0.25, 0.3) is 0 Å². The van der Waals surface area contributed by atoms with Gasteiger partial charge in [-0.3, -0.25) is 9.59 Å². The van der Waals surface area contributed by atoms with Crippen molar-refractivity contribution in [1.82, 2.24) is 9.88 Å². The van der Waals surface area contributed by atoms with Gasteiger partial charge in [0.1, 0.15) is 18.2 Å². The first-order chi connectivity index (χ1) is 14.6. The number of aryl methyl sites for hydroxylation is 2. The fraction of sp³-hybridized carbons (Fsp3) is 0.346. The molecule has 0 saturated carbocycles. The molecule has 31 heavy (non-hydrogen) atoms. The molecule has 5 nitrogen and oxygen atoms in total. The Bertz CT molecular complexity index is 1220. The first-order valence-corrected chi connectivity index (χ1v) is 10.5. The number of hydrogen-bond donors (Lipinski definition) is 1. The smallest absolute Gasteiger partial charge is 0.239 e. The van der Waals surface area contributed by atoms with Gasteiger partial charge in [-0.05, 0) is 60.1 Å². The molecule has 3 rings (SSSR count). The van der Waals surface area contributed by atoms with E-state index in [4.69, 9.17) is 0 Å². The zero-order valence-electron chi connectivity index (χ0n) is 18.9. The van der Waals surface area contributed by atoms with Crippen molar-refractivity contribution >= 4 is 16.8 Å². The summed E-state index contributed by atoms with van der Waals surface area (Å²) in [6, 6.07) is 13.4. The number of aromatic nitrogens is 1. The molecular formula is C26H29N3O2. The third-order valence-corrected chi connectivity index (χ3v) is 5.68. The molecule has 0 spiro atoms. The largest absolute Gasteiger partial charge is 0.354 e. The molecule has 0 radical (unpaired) electrons. The normalized spacial score (nSPS) is 11.4. The highest BCUT2D eigenvalue weighted by Gasteiger charge is 2.16. The number of nitriles is 1. The third-order valence-electron chi connectivity index (χ3n) is 5.68. The summed E-state index contributed by atoms with van der Waals surface area (Å²) in [5, 5.41) is 12.7. The molecule has 0 unspecified atom stereocenters. The van der Waals surface area contributed by atoms with Crippen LogP contribution in [0.2, 0.25) is 0 Å². The summed E-state index contributed by atoms with van der Waals surface area (Å²) >= 11 is 0. The van der Waals surface area contributed by atoms with Gasteiger partial charge in [-0.25, -0.2) is 0 Å². The second kappa shape index (κ2) is 8.77. The Kier molecular flexibility index (Phi) is 6.31. The van der Waals surface area contributed by atoms with Crippen LogP contribution in [0.3, 0.4) is 0 Å². The third kappa shape index (κ3) is 4.86. The SMILES string of the molecule is Cc1cc(C(C)(C)C)cc(C)c1CCNC(=O)Cn1cc(C#N)c(=O)c2ccccc21. The van der Waals surface area contributed by atoms with Crippen molar-refractivity contribution < 1.29 is 4.79 Å². The average molecular weight is 416 g/mol. The van der Waals surface area contributed by atoms with Crippen LogP contribution in [0.1, 0.15) is 48.6 Å². The molecule has 1 amide bonds. The van der Waals surface area contributed by atoms with Crippen LogP contribution >= 0.6 is 0 Å². The van der Waals surface area contributed by atoms with Crippen LogP contribution in [0.25, 0.3) is 10.9 Å². The van der Waals surface area contributed by atoms with Crippen molar-refractivity contribution in [1.29, 1.82) is 5.26 Å². The van der Waals surface area contributed by atoms with Gasteiger partial charge in [-0.15, -0.1) is 0 Å². The number of hydrogen-bond acceptors (Lipinski definition) is 3. The lowest BCUT2D eigenvalue weighted by Gasteiger charge is -2.22. The van der Waals surface area contributed by atoms with Crippen molar-refractivity contribution in [3.8, 4) is 6.07 Å². The van der Waals surface area contributed by atoms with Crippen molar-refractivity contribution in [3.63, 3.8) is 0 Å². The lowest BCUT2D eigenvalue weighted by molar-refractivity contribution is -0.121. The quantitative estimate of drug-likeness (QED) is 0.680. The van der Waals surface area contributed by atoms with Gasteiger partial charge in [0, 0.05) is 18.1 Å². The number of nitrogens with one attached hydrogen (secondary N) is 1. The highest BCUT2D eigenvalue weighted by atomic mass is 16.2. The number of carbonyl (C=O) groups is 1. The van der Waals surface area contributed by atoms with Crippen LogP contribution < -0.4 is 10.7 Å². The van der Waals surface area contributed by atoms with Gasteiger partial charge >= 0.3 is 0 Å². The van der Waals surface area contributed by atoms with Crippen molar-refractivity contribution in [2.75, 3.05) is 6.54 Å². The predicted octanol–water partition coefficient (Wildman–Crippen LogP) is 4.15. The van der Waals surface area contributed by atoms with Gasteiger partial charge in [-0.2, -0.15) is 5.26 Å². The lowest BCUT2D eigenvalue weighted by Crippen LogP contribution is -2.30. The molecule has 2 aromatic carbocycles. The van der Waals surface area contributed by atoms with Crippen LogP contribution in [-0.2, 0) is 23.2 Å². The van der Waals surface area contributed by atoms with Gasteiger partial charge in [0.2, 0.25) is 11.3 Å². The molecular weight excluding hydrogens is 386 g/mol. The molecule has 5 heteroatoms. The fourth-order valence-electron chi connectivity index (χ4n) is 3.91. The van der Waals surface area contributed by atoms with Crippen molar-refractivity contribution in [2.45, 2.75) is 53.0 Å². The van der Waals surface area contributed by atoms with Crippen LogP contribution in [0, 0.1) is 25.2 Å². The summed E-state index contributed by atoms with van der Waals surface area (Å²) in [4.78, 5) is 24.9. The number of nitrogens with zero attached hydrogens (tertiary/aromatic N) is 2. The van der Waals surface area contributed by atoms with E-state index in [0.717, 1.165) is 6.42 Å². The van der Waals surface area contributed by atoms with E-state index in [-0.39, 0.29) is 28.9 Å². The monoisotopic (exact) mass is 415 g/mol. The fourth-order valence-corrected chi connectivity index (χ4v) is 3.91. The van der Waals surface area contributed by atoms with E-state index in [9.17, 15) is 14.9 Å². The number of benzene rings is 2. The summed E-state index contributed by atoms with van der Waals surface area (Å²) in [5.74, 6) is -0.153. The van der Waals surface area contributed by atoms with Crippen LogP contribution in [0.5, 0.6) is 0 Å². The molecule has 1 aromatic heterocycles. The topological polar surface area (TPSA) is 74.9 Å². The lowest BCUT2D eigenvalue weighted by atomic mass is 9.83. The maximum absolute atomic E-state index is 12.6. The Morgan fingerprint density at radius 1 is 1.13 bits per heavy atom. The number of carbonyl (C=O) groups excluding carboxylic acids is 1. The van der Waals surface area contributed by atoms with E-state index in [1.54, 1.807) is 22.8 Å². The molecule has 1 heterocycles. The van der Waals surface area contributed by atoms with Gasteiger partial charge < -0.3 is 9.88 Å². The molecule has 0 atom stereocenters. The Balaban J connectivity index is 1.72. The molecule has 0 aliphatic heterocycles. The summed E-state index contributed by atoms with van der Waals surface area (Å²) in [7, 11) is 0. The minimum atomic E-state index is -0.306. The summed E-state index contributed by atoms with van der Waals surface area (Å²) < 4.78 is 1.67. The zero-order chi connectivity index (χ0) is 22.8. The van der Waals surface area contributed by atoms with E-state index >= 15 is 0 Å². The Morgan fingerprint density at radius 3 is 2.39 bits per heavy atom. The summed E-state index contributed by atoms with van der Waals surface area (Å²) in [6.07, 6.45) is 2.21. The van der Waals surface area contributed by atoms with E-state index in [2.05, 4.69) is 52.1 Å². The highest BCUT2D eigenvalue weighted by molar-refractivity contribution is 5.83. The Labute approximate surface area is 183 Å². The van der Waals surface area contributed by atoms with Crippen molar-refractivity contribution in [3.05, 3.63) is 80.6 Å². The average Bonchev–Trinajstić information content (AvgIpc) is 2.71. The standard InChI is InChI=1S/C26H29N3O2/c1-17-12-20(26(3,4)5)13-18(2)21(17)10-11-28-24(30)16-29-15-19(14-27)25(31)22-8-6-7-9-23(22)29/h6-9,12-13,15H,10-11,16H2,1-5H3,(H,28,30). The van der Waals surface area contributed by atoms with E-state index in [1.807, 2.05) is 12.1 Å². The van der Waals surface area contributed by atoms with Crippen LogP contribution in [0.15, 0.2) is 47.4 Å². The van der Waals surface area contributed by atoms with Crippen molar-refractivity contribution in [2.24, 2.45) is 0 Å². The molecule has 0 aliphatic carbocycles. The van der Waals surface area contributed by atoms with Crippen LogP contribution in [-0.4, -0.2) is 17.0 Å². The minimum Gasteiger partial charge on any atom is -0.354 e. The number of fused-ring (bicyclic) bond motifs is 1. The molecule has 160 valence electrons. The number of pyridine rings is 1. The number of rotatable bonds is 5. The number of amides is 1. The first kappa shape index (κ1) is 22.3. The zero-order valence-corrected chi connectivity index (χ0v) is 18.9. The minimum absolute atomic E-state index is 0.0386. The molecule has 0 fully saturated rings. The number of para-hydroxylation sites is 1. The maximum atomic E-state index is 12.6. The highest BCUT2D eigenvalue weighted by Crippen LogP contribution is 2.27. The second-order valence-corrected chi connectivity index (χ2v) is 9.07. The Hall–Kier alpha value is -3.39. The van der Waals surface area contributed by atoms with Gasteiger partial charge in [-0.1, -0.05) is 45.0 Å². The van der Waals surface area contributed by atoms with E-state index in [0.29, 0.717) is 17.4 Å². The molecule has 3 aromatic rings. The Morgan fingerprint density at radius 2 is 1.77 bits per heavy atom. The second-order valence-electron chi connectivity index (χ2n) is 9.07. The van der Waals surface area contributed by atoms with Gasteiger partial charge in [0.15, 0.2) is 0 Å². The summed E-state index contributed by atoms with van der Waals surface area (Å²) in [5.41, 5.74) is 5.53. The first-order valence-electron chi connectivity index (χ1n) is 10.5. The predicted molar refractivity (Wildman–Crippen MR) is 124 cm³/mol. The maximum Gasteiger partial charge on any atom is 0.239 e.